The number of hydrogen-bond donors (Lipinski definition) is 1. The van der Waals surface area contributed by atoms with E-state index in [1.807, 2.05) is 0 Å². The Labute approximate surface area is 143 Å². The van der Waals surface area contributed by atoms with Gasteiger partial charge in [0, 0.05) is 24.7 Å². The van der Waals surface area contributed by atoms with E-state index in [4.69, 9.17) is 4.74 Å². The lowest BCUT2D eigenvalue weighted by Crippen LogP contribution is -2.41. The number of nitrogens with zero attached hydrogens (tertiary/aromatic N) is 1. The van der Waals surface area contributed by atoms with E-state index in [9.17, 15) is 4.39 Å². The third-order valence-corrected chi connectivity index (χ3v) is 4.66. The Hall–Kier alpha value is -1.91. The maximum atomic E-state index is 13.4. The van der Waals surface area contributed by atoms with Crippen LogP contribution in [0.25, 0.3) is 0 Å². The molecule has 3 nitrogen and oxygen atoms in total. The zero-order chi connectivity index (χ0) is 16.8. The van der Waals surface area contributed by atoms with Crippen LogP contribution < -0.4 is 10.1 Å². The van der Waals surface area contributed by atoms with Crippen LogP contribution in [0.15, 0.2) is 48.5 Å². The molecule has 0 atom stereocenters. The Morgan fingerprint density at radius 1 is 1.12 bits per heavy atom. The average molecular weight is 328 g/mol. The van der Waals surface area contributed by atoms with Crippen molar-refractivity contribution in [2.75, 3.05) is 20.2 Å². The first-order chi connectivity index (χ1) is 11.7. The molecule has 1 N–H and O–H groups in total. The first-order valence-corrected chi connectivity index (χ1v) is 8.56. The number of ether oxygens (including phenoxy) is 1. The summed E-state index contributed by atoms with van der Waals surface area (Å²) in [6.45, 7) is 3.84. The van der Waals surface area contributed by atoms with Crippen LogP contribution in [-0.4, -0.2) is 31.1 Å². The fourth-order valence-corrected chi connectivity index (χ4v) is 3.28. The van der Waals surface area contributed by atoms with Gasteiger partial charge in [0.2, 0.25) is 0 Å². The zero-order valence-corrected chi connectivity index (χ0v) is 14.2. The molecule has 0 aliphatic carbocycles. The number of hydrogen-bond acceptors (Lipinski definition) is 3. The molecular weight excluding hydrogens is 303 g/mol. The monoisotopic (exact) mass is 328 g/mol. The molecule has 1 aliphatic heterocycles. The van der Waals surface area contributed by atoms with Gasteiger partial charge in [0.05, 0.1) is 7.11 Å². The van der Waals surface area contributed by atoms with Crippen LogP contribution in [0.3, 0.4) is 0 Å². The fourth-order valence-electron chi connectivity index (χ4n) is 3.28. The number of methoxy groups -OCH3 is 1. The Kier molecular flexibility index (Phi) is 5.83. The molecule has 0 aromatic heterocycles. The largest absolute Gasteiger partial charge is 0.496 e. The molecule has 0 amide bonds. The SMILES string of the molecule is COc1ccc(F)cc1CNC1CCN(Cc2ccccc2)CC1. The minimum atomic E-state index is -0.217. The van der Waals surface area contributed by atoms with Crippen molar-refractivity contribution in [1.29, 1.82) is 0 Å². The number of likely N-dealkylation sites (tertiary alicyclic amines) is 1. The summed E-state index contributed by atoms with van der Waals surface area (Å²) in [7, 11) is 1.62. The van der Waals surface area contributed by atoms with Crippen LogP contribution in [0.2, 0.25) is 0 Å². The second-order valence-electron chi connectivity index (χ2n) is 6.37. The molecule has 0 radical (unpaired) electrons. The first-order valence-electron chi connectivity index (χ1n) is 8.56. The van der Waals surface area contributed by atoms with Gasteiger partial charge in [-0.2, -0.15) is 0 Å². The summed E-state index contributed by atoms with van der Waals surface area (Å²) in [5, 5.41) is 3.55. The standard InChI is InChI=1S/C20H25FN2O/c1-24-20-8-7-18(21)13-17(20)14-22-19-9-11-23(12-10-19)15-16-5-3-2-4-6-16/h2-8,13,19,22H,9-12,14-15H2,1H3. The molecule has 3 rings (SSSR count). The van der Waals surface area contributed by atoms with E-state index in [0.29, 0.717) is 12.6 Å². The predicted octanol–water partition coefficient (Wildman–Crippen LogP) is 3.59. The number of rotatable bonds is 6. The summed E-state index contributed by atoms with van der Waals surface area (Å²) >= 11 is 0. The third-order valence-electron chi connectivity index (χ3n) is 4.66. The normalized spacial score (nSPS) is 16.2. The first kappa shape index (κ1) is 16.9. The molecule has 0 saturated carbocycles. The van der Waals surface area contributed by atoms with Gasteiger partial charge in [-0.15, -0.1) is 0 Å². The zero-order valence-electron chi connectivity index (χ0n) is 14.2. The minimum absolute atomic E-state index is 0.217. The van der Waals surface area contributed by atoms with Crippen LogP contribution in [0, 0.1) is 5.82 Å². The maximum Gasteiger partial charge on any atom is 0.123 e. The molecule has 2 aromatic rings. The van der Waals surface area contributed by atoms with E-state index in [2.05, 4.69) is 40.5 Å². The van der Waals surface area contributed by atoms with Crippen molar-refractivity contribution >= 4 is 0 Å². The van der Waals surface area contributed by atoms with Gasteiger partial charge in [-0.05, 0) is 49.7 Å². The van der Waals surface area contributed by atoms with Gasteiger partial charge < -0.3 is 10.1 Å². The summed E-state index contributed by atoms with van der Waals surface area (Å²) in [6, 6.07) is 15.8. The minimum Gasteiger partial charge on any atom is -0.496 e. The van der Waals surface area contributed by atoms with Crippen molar-refractivity contribution in [1.82, 2.24) is 10.2 Å². The highest BCUT2D eigenvalue weighted by atomic mass is 19.1. The van der Waals surface area contributed by atoms with Crippen LogP contribution in [0.4, 0.5) is 4.39 Å². The number of benzene rings is 2. The Bertz CT molecular complexity index is 639. The molecule has 0 bridgehead atoms. The molecule has 128 valence electrons. The van der Waals surface area contributed by atoms with Gasteiger partial charge in [-0.25, -0.2) is 4.39 Å². The highest BCUT2D eigenvalue weighted by molar-refractivity contribution is 5.33. The van der Waals surface area contributed by atoms with E-state index < -0.39 is 0 Å². The predicted molar refractivity (Wildman–Crippen MR) is 94.5 cm³/mol. The Balaban J connectivity index is 1.47. The summed E-state index contributed by atoms with van der Waals surface area (Å²) in [4.78, 5) is 2.50. The lowest BCUT2D eigenvalue weighted by Gasteiger charge is -2.32. The fraction of sp³-hybridized carbons (Fsp3) is 0.400. The molecule has 1 aliphatic rings. The summed E-state index contributed by atoms with van der Waals surface area (Å²) in [5.74, 6) is 0.524. The molecule has 1 fully saturated rings. The Morgan fingerprint density at radius 3 is 2.58 bits per heavy atom. The molecule has 1 heterocycles. The highest BCUT2D eigenvalue weighted by Crippen LogP contribution is 2.20. The van der Waals surface area contributed by atoms with Crippen molar-refractivity contribution in [2.24, 2.45) is 0 Å². The maximum absolute atomic E-state index is 13.4. The van der Waals surface area contributed by atoms with E-state index >= 15 is 0 Å². The van der Waals surface area contributed by atoms with Crippen molar-refractivity contribution in [3.05, 3.63) is 65.5 Å². The summed E-state index contributed by atoms with van der Waals surface area (Å²) in [6.07, 6.45) is 2.23. The summed E-state index contributed by atoms with van der Waals surface area (Å²) < 4.78 is 18.7. The average Bonchev–Trinajstić information content (AvgIpc) is 2.62. The van der Waals surface area contributed by atoms with Gasteiger partial charge in [0.15, 0.2) is 0 Å². The van der Waals surface area contributed by atoms with Crippen LogP contribution >= 0.6 is 0 Å². The van der Waals surface area contributed by atoms with Crippen molar-refractivity contribution in [3.8, 4) is 5.75 Å². The molecule has 0 unspecified atom stereocenters. The van der Waals surface area contributed by atoms with Gasteiger partial charge in [0.1, 0.15) is 11.6 Å². The van der Waals surface area contributed by atoms with E-state index in [1.54, 1.807) is 19.2 Å². The third kappa shape index (κ3) is 4.56. The quantitative estimate of drug-likeness (QED) is 0.877. The molecule has 1 saturated heterocycles. The van der Waals surface area contributed by atoms with Gasteiger partial charge in [-0.1, -0.05) is 30.3 Å². The number of nitrogens with one attached hydrogen (secondary N) is 1. The molecule has 2 aromatic carbocycles. The molecule has 24 heavy (non-hydrogen) atoms. The number of halogens is 1. The lowest BCUT2D eigenvalue weighted by molar-refractivity contribution is 0.190. The topological polar surface area (TPSA) is 24.5 Å². The van der Waals surface area contributed by atoms with Crippen LogP contribution in [0.1, 0.15) is 24.0 Å². The van der Waals surface area contributed by atoms with Gasteiger partial charge in [0.25, 0.3) is 0 Å². The molecule has 4 heteroatoms. The lowest BCUT2D eigenvalue weighted by atomic mass is 10.0. The van der Waals surface area contributed by atoms with E-state index in [1.165, 1.54) is 11.6 Å². The Morgan fingerprint density at radius 2 is 1.88 bits per heavy atom. The van der Waals surface area contributed by atoms with Gasteiger partial charge >= 0.3 is 0 Å². The number of piperidine rings is 1. The molecule has 0 spiro atoms. The van der Waals surface area contributed by atoms with Crippen molar-refractivity contribution < 1.29 is 9.13 Å². The molecular formula is C20H25FN2O. The summed E-state index contributed by atoms with van der Waals surface area (Å²) in [5.41, 5.74) is 2.25. The smallest absolute Gasteiger partial charge is 0.123 e. The van der Waals surface area contributed by atoms with Crippen molar-refractivity contribution in [2.45, 2.75) is 32.0 Å². The van der Waals surface area contributed by atoms with Crippen LogP contribution in [0.5, 0.6) is 5.75 Å². The van der Waals surface area contributed by atoms with E-state index in [0.717, 1.165) is 43.8 Å². The highest BCUT2D eigenvalue weighted by Gasteiger charge is 2.19. The second-order valence-corrected chi connectivity index (χ2v) is 6.37. The van der Waals surface area contributed by atoms with Gasteiger partial charge in [-0.3, -0.25) is 4.90 Å². The second kappa shape index (κ2) is 8.27. The van der Waals surface area contributed by atoms with Crippen LogP contribution in [-0.2, 0) is 13.1 Å². The van der Waals surface area contributed by atoms with Crippen molar-refractivity contribution in [3.63, 3.8) is 0 Å². The van der Waals surface area contributed by atoms with E-state index in [-0.39, 0.29) is 5.82 Å².